The Morgan fingerprint density at radius 3 is 2.30 bits per heavy atom. The number of unbranched alkanes of at least 4 members (excludes halogenated alkanes) is 1. The number of likely N-dealkylation sites (tertiary alicyclic amines) is 1. The van der Waals surface area contributed by atoms with Crippen LogP contribution < -0.4 is 15.4 Å². The lowest BCUT2D eigenvalue weighted by molar-refractivity contribution is 0.152. The van der Waals surface area contributed by atoms with Crippen LogP contribution in [0.15, 0.2) is 29.3 Å². The van der Waals surface area contributed by atoms with Crippen LogP contribution in [0, 0.1) is 0 Å². The molecule has 0 saturated carbocycles. The van der Waals surface area contributed by atoms with Gasteiger partial charge in [0.1, 0.15) is 5.75 Å². The summed E-state index contributed by atoms with van der Waals surface area (Å²) in [6, 6.07) is 8.89. The van der Waals surface area contributed by atoms with E-state index in [9.17, 15) is 0 Å². The van der Waals surface area contributed by atoms with Gasteiger partial charge < -0.3 is 25.2 Å². The van der Waals surface area contributed by atoms with Crippen molar-refractivity contribution in [1.82, 2.24) is 25.3 Å². The fraction of sp³-hybridized carbons (Fsp3) is 0.720. The highest BCUT2D eigenvalue weighted by Gasteiger charge is 2.22. The maximum Gasteiger partial charge on any atom is 0.191 e. The third kappa shape index (κ3) is 9.58. The van der Waals surface area contributed by atoms with Gasteiger partial charge in [0.25, 0.3) is 0 Å². The fourth-order valence-electron chi connectivity index (χ4n) is 4.67. The standard InChI is InChI=1S/C25H44N6O.HI/c1-26-25(27-13-5-8-14-30-19-17-29(2)18-20-30)28-21-24(31-15-6-4-7-16-31)22-9-11-23(32-3)12-10-22;/h9-12,24H,4-8,13-21H2,1-3H3,(H2,26,27,28);1H. The summed E-state index contributed by atoms with van der Waals surface area (Å²) < 4.78 is 5.35. The second-order valence-electron chi connectivity index (χ2n) is 9.12. The first-order valence-electron chi connectivity index (χ1n) is 12.4. The number of aliphatic imine (C=N–C) groups is 1. The molecule has 1 aromatic rings. The topological polar surface area (TPSA) is 55.4 Å². The van der Waals surface area contributed by atoms with Crippen LogP contribution >= 0.6 is 24.0 Å². The van der Waals surface area contributed by atoms with Crippen molar-refractivity contribution in [2.75, 3.05) is 80.1 Å². The highest BCUT2D eigenvalue weighted by atomic mass is 127. The van der Waals surface area contributed by atoms with E-state index in [1.807, 2.05) is 7.05 Å². The lowest BCUT2D eigenvalue weighted by Gasteiger charge is -2.35. The maximum absolute atomic E-state index is 5.35. The molecule has 0 bridgehead atoms. The summed E-state index contributed by atoms with van der Waals surface area (Å²) in [5, 5.41) is 7.10. The minimum atomic E-state index is 0. The average Bonchev–Trinajstić information content (AvgIpc) is 2.85. The molecule has 0 aromatic heterocycles. The molecular weight excluding hydrogens is 527 g/mol. The van der Waals surface area contributed by atoms with Crippen LogP contribution in [0.1, 0.15) is 43.7 Å². The van der Waals surface area contributed by atoms with Gasteiger partial charge in [-0.1, -0.05) is 18.6 Å². The van der Waals surface area contributed by atoms with Crippen molar-refractivity contribution in [1.29, 1.82) is 0 Å². The zero-order valence-corrected chi connectivity index (χ0v) is 23.2. The van der Waals surface area contributed by atoms with Crippen molar-refractivity contribution < 1.29 is 4.74 Å². The van der Waals surface area contributed by atoms with Gasteiger partial charge in [-0.3, -0.25) is 9.89 Å². The molecule has 33 heavy (non-hydrogen) atoms. The molecular formula is C25H45IN6O. The minimum absolute atomic E-state index is 0. The maximum atomic E-state index is 5.35. The van der Waals surface area contributed by atoms with Crippen molar-refractivity contribution in [3.8, 4) is 5.75 Å². The summed E-state index contributed by atoms with van der Waals surface area (Å²) in [4.78, 5) is 12.1. The number of nitrogens with zero attached hydrogens (tertiary/aromatic N) is 4. The number of benzene rings is 1. The molecule has 8 heteroatoms. The van der Waals surface area contributed by atoms with Crippen LogP contribution in [-0.4, -0.2) is 101 Å². The van der Waals surface area contributed by atoms with Gasteiger partial charge in [-0.15, -0.1) is 24.0 Å². The zero-order valence-electron chi connectivity index (χ0n) is 20.9. The number of hydrogen-bond donors (Lipinski definition) is 2. The second kappa shape index (κ2) is 15.7. The molecule has 2 N–H and O–H groups in total. The van der Waals surface area contributed by atoms with E-state index < -0.39 is 0 Å². The van der Waals surface area contributed by atoms with Crippen LogP contribution in [0.2, 0.25) is 0 Å². The van der Waals surface area contributed by atoms with E-state index in [0.29, 0.717) is 6.04 Å². The lowest BCUT2D eigenvalue weighted by Crippen LogP contribution is -2.45. The zero-order chi connectivity index (χ0) is 22.6. The second-order valence-corrected chi connectivity index (χ2v) is 9.12. The summed E-state index contributed by atoms with van der Waals surface area (Å²) in [6.45, 7) is 10.1. The number of piperidine rings is 1. The number of hydrogen-bond acceptors (Lipinski definition) is 5. The van der Waals surface area contributed by atoms with Gasteiger partial charge in [0.05, 0.1) is 13.2 Å². The Bertz CT molecular complexity index is 672. The fourth-order valence-corrected chi connectivity index (χ4v) is 4.67. The molecule has 0 spiro atoms. The van der Waals surface area contributed by atoms with E-state index in [1.54, 1.807) is 7.11 Å². The average molecular weight is 573 g/mol. The molecule has 0 aliphatic carbocycles. The molecule has 2 aliphatic heterocycles. The molecule has 2 heterocycles. The summed E-state index contributed by atoms with van der Waals surface area (Å²) in [7, 11) is 5.80. The lowest BCUT2D eigenvalue weighted by atomic mass is 10.0. The van der Waals surface area contributed by atoms with Crippen molar-refractivity contribution >= 4 is 29.9 Å². The van der Waals surface area contributed by atoms with Gasteiger partial charge in [-0.2, -0.15) is 0 Å². The van der Waals surface area contributed by atoms with Crippen LogP contribution in [0.4, 0.5) is 0 Å². The number of ether oxygens (including phenoxy) is 1. The number of guanidine groups is 1. The SMILES string of the molecule is CN=C(NCCCCN1CCN(C)CC1)NCC(c1ccc(OC)cc1)N1CCCCC1.I. The minimum Gasteiger partial charge on any atom is -0.497 e. The van der Waals surface area contributed by atoms with Gasteiger partial charge in [0.2, 0.25) is 0 Å². The number of rotatable bonds is 10. The Labute approximate surface area is 218 Å². The highest BCUT2D eigenvalue weighted by Crippen LogP contribution is 2.25. The number of halogens is 1. The van der Waals surface area contributed by atoms with Gasteiger partial charge in [0, 0.05) is 46.3 Å². The first-order valence-corrected chi connectivity index (χ1v) is 12.4. The molecule has 1 atom stereocenters. The van der Waals surface area contributed by atoms with E-state index in [-0.39, 0.29) is 24.0 Å². The van der Waals surface area contributed by atoms with Gasteiger partial charge in [0.15, 0.2) is 5.96 Å². The smallest absolute Gasteiger partial charge is 0.191 e. The predicted octanol–water partition coefficient (Wildman–Crippen LogP) is 3.03. The molecule has 2 saturated heterocycles. The Balaban J connectivity index is 0.00000385. The van der Waals surface area contributed by atoms with Crippen LogP contribution in [-0.2, 0) is 0 Å². The summed E-state index contributed by atoms with van der Waals surface area (Å²) >= 11 is 0. The molecule has 2 aliphatic rings. The number of likely N-dealkylation sites (N-methyl/N-ethyl adjacent to an activating group) is 1. The first kappa shape index (κ1) is 28.1. The van der Waals surface area contributed by atoms with Gasteiger partial charge in [-0.25, -0.2) is 0 Å². The van der Waals surface area contributed by atoms with Crippen molar-refractivity contribution in [3.63, 3.8) is 0 Å². The van der Waals surface area contributed by atoms with E-state index in [1.165, 1.54) is 70.4 Å². The number of methoxy groups -OCH3 is 1. The van der Waals surface area contributed by atoms with E-state index >= 15 is 0 Å². The highest BCUT2D eigenvalue weighted by molar-refractivity contribution is 14.0. The predicted molar refractivity (Wildman–Crippen MR) is 149 cm³/mol. The van der Waals surface area contributed by atoms with Gasteiger partial charge >= 0.3 is 0 Å². The molecule has 2 fully saturated rings. The monoisotopic (exact) mass is 572 g/mol. The van der Waals surface area contributed by atoms with E-state index in [0.717, 1.165) is 37.9 Å². The number of nitrogens with one attached hydrogen (secondary N) is 2. The molecule has 1 unspecified atom stereocenters. The largest absolute Gasteiger partial charge is 0.497 e. The quantitative estimate of drug-likeness (QED) is 0.195. The molecule has 0 amide bonds. The van der Waals surface area contributed by atoms with E-state index in [4.69, 9.17) is 4.74 Å². The van der Waals surface area contributed by atoms with E-state index in [2.05, 4.69) is 61.6 Å². The van der Waals surface area contributed by atoms with Gasteiger partial charge in [-0.05, 0) is 70.1 Å². The molecule has 3 rings (SSSR count). The summed E-state index contributed by atoms with van der Waals surface area (Å²) in [5.74, 6) is 1.81. The Morgan fingerprint density at radius 2 is 1.67 bits per heavy atom. The van der Waals surface area contributed by atoms with Crippen LogP contribution in [0.25, 0.3) is 0 Å². The summed E-state index contributed by atoms with van der Waals surface area (Å²) in [6.07, 6.45) is 6.31. The first-order chi connectivity index (χ1) is 15.7. The molecule has 7 nitrogen and oxygen atoms in total. The Hall–Kier alpha value is -1.10. The van der Waals surface area contributed by atoms with Crippen LogP contribution in [0.3, 0.4) is 0 Å². The molecule has 1 aromatic carbocycles. The Kier molecular flexibility index (Phi) is 13.4. The third-order valence-electron chi connectivity index (χ3n) is 6.81. The third-order valence-corrected chi connectivity index (χ3v) is 6.81. The van der Waals surface area contributed by atoms with Crippen LogP contribution in [0.5, 0.6) is 5.75 Å². The molecule has 0 radical (unpaired) electrons. The normalized spacial score (nSPS) is 19.5. The van der Waals surface area contributed by atoms with Crippen molar-refractivity contribution in [2.45, 2.75) is 38.1 Å². The number of piperazine rings is 1. The Morgan fingerprint density at radius 1 is 0.970 bits per heavy atom. The van der Waals surface area contributed by atoms with Crippen molar-refractivity contribution in [3.05, 3.63) is 29.8 Å². The summed E-state index contributed by atoms with van der Waals surface area (Å²) in [5.41, 5.74) is 1.34. The van der Waals surface area contributed by atoms with Crippen molar-refractivity contribution in [2.24, 2.45) is 4.99 Å². The molecule has 188 valence electrons.